The lowest BCUT2D eigenvalue weighted by Crippen LogP contribution is -2.64. The molecule has 0 spiro atoms. The van der Waals surface area contributed by atoms with Gasteiger partial charge in [0.25, 0.3) is 0 Å². The summed E-state index contributed by atoms with van der Waals surface area (Å²) >= 11 is 0. The number of hydrogen-bond acceptors (Lipinski definition) is 10. The number of carboxylic acids is 1. The molecule has 0 bridgehead atoms. The molecular weight excluding hydrogens is 456 g/mol. The van der Waals surface area contributed by atoms with Gasteiger partial charge in [-0.15, -0.1) is 0 Å². The predicted molar refractivity (Wildman–Crippen MR) is 115 cm³/mol. The summed E-state index contributed by atoms with van der Waals surface area (Å²) < 4.78 is 16.2. The van der Waals surface area contributed by atoms with E-state index >= 15 is 0 Å². The van der Waals surface area contributed by atoms with E-state index in [-0.39, 0.29) is 56.3 Å². The van der Waals surface area contributed by atoms with Crippen LogP contribution in [0, 0.1) is 0 Å². The van der Waals surface area contributed by atoms with Gasteiger partial charge in [-0.3, -0.25) is 14.4 Å². The second-order valence-electron chi connectivity index (χ2n) is 7.73. The summed E-state index contributed by atoms with van der Waals surface area (Å²) in [5.74, 6) is -2.44. The maximum Gasteiger partial charge on any atom is 0.331 e. The highest BCUT2D eigenvalue weighted by Crippen LogP contribution is 2.22. The van der Waals surface area contributed by atoms with Gasteiger partial charge in [0.1, 0.15) is 24.4 Å². The first-order chi connectivity index (χ1) is 16.0. The summed E-state index contributed by atoms with van der Waals surface area (Å²) in [6, 6.07) is -1.05. The maximum absolute atomic E-state index is 11.9. The van der Waals surface area contributed by atoms with E-state index in [1.54, 1.807) is 0 Å². The van der Waals surface area contributed by atoms with Crippen LogP contribution in [0.3, 0.4) is 0 Å². The van der Waals surface area contributed by atoms with Gasteiger partial charge in [-0.25, -0.2) is 4.79 Å². The number of hydrogen-bond donors (Lipinski definition) is 6. The Morgan fingerprint density at radius 1 is 0.971 bits per heavy atom. The predicted octanol–water partition coefficient (Wildman–Crippen LogP) is -2.15. The van der Waals surface area contributed by atoms with Crippen LogP contribution in [0.5, 0.6) is 0 Å². The molecule has 1 saturated heterocycles. The van der Waals surface area contributed by atoms with E-state index in [1.165, 1.54) is 20.8 Å². The number of carbonyl (C=O) groups excluding carboxylic acids is 3. The molecule has 13 nitrogen and oxygen atoms in total. The molecule has 13 heteroatoms. The number of carbonyl (C=O) groups is 4. The van der Waals surface area contributed by atoms with E-state index in [1.807, 2.05) is 0 Å². The minimum atomic E-state index is -1.41. The lowest BCUT2D eigenvalue weighted by Gasteiger charge is -2.42. The van der Waals surface area contributed by atoms with Crippen LogP contribution < -0.4 is 10.6 Å². The van der Waals surface area contributed by atoms with Gasteiger partial charge in [-0.2, -0.15) is 0 Å². The van der Waals surface area contributed by atoms with Crippen molar-refractivity contribution in [1.82, 2.24) is 10.6 Å². The largest absolute Gasteiger partial charge is 0.478 e. The van der Waals surface area contributed by atoms with Crippen molar-refractivity contribution in [1.29, 1.82) is 0 Å². The van der Waals surface area contributed by atoms with Crippen molar-refractivity contribution in [3.63, 3.8) is 0 Å². The number of ketones is 1. The number of allylic oxidation sites excluding steroid dienone is 1. The van der Waals surface area contributed by atoms with Crippen LogP contribution in [0.1, 0.15) is 33.6 Å². The second-order valence-corrected chi connectivity index (χ2v) is 7.73. The zero-order valence-corrected chi connectivity index (χ0v) is 19.5. The highest BCUT2D eigenvalue weighted by atomic mass is 16.7. The Bertz CT molecular complexity index is 755. The Morgan fingerprint density at radius 2 is 1.65 bits per heavy atom. The molecule has 0 unspecified atom stereocenters. The van der Waals surface area contributed by atoms with Gasteiger partial charge in [0.15, 0.2) is 12.1 Å². The molecule has 0 aromatic heterocycles. The lowest BCUT2D eigenvalue weighted by molar-refractivity contribution is -0.272. The quantitative estimate of drug-likeness (QED) is 0.114. The van der Waals surface area contributed by atoms with Gasteiger partial charge in [-0.05, 0) is 20.3 Å². The minimum Gasteiger partial charge on any atom is -0.478 e. The third kappa shape index (κ3) is 9.44. The lowest BCUT2D eigenvalue weighted by atomic mass is 9.97. The van der Waals surface area contributed by atoms with Crippen molar-refractivity contribution in [3.05, 3.63) is 11.1 Å². The highest BCUT2D eigenvalue weighted by molar-refractivity contribution is 6.02. The fraction of sp³-hybridized carbons (Fsp3) is 0.714. The summed E-state index contributed by atoms with van der Waals surface area (Å²) in [6.07, 6.45) is -5.06. The van der Waals surface area contributed by atoms with Gasteiger partial charge in [0.2, 0.25) is 11.8 Å². The van der Waals surface area contributed by atoms with Crippen LogP contribution >= 0.6 is 0 Å². The Balaban J connectivity index is 2.35. The number of aliphatic hydroxyl groups is 3. The molecule has 1 aliphatic heterocycles. The van der Waals surface area contributed by atoms with E-state index in [0.29, 0.717) is 0 Å². The molecule has 1 aliphatic rings. The van der Waals surface area contributed by atoms with E-state index in [0.717, 1.165) is 0 Å². The average molecular weight is 491 g/mol. The third-order valence-electron chi connectivity index (χ3n) is 5.13. The summed E-state index contributed by atoms with van der Waals surface area (Å²) in [7, 11) is 0. The Hall–Kier alpha value is -2.42. The van der Waals surface area contributed by atoms with Crippen LogP contribution in [-0.2, 0) is 33.4 Å². The Kier molecular flexibility index (Phi) is 12.9. The van der Waals surface area contributed by atoms with Crippen LogP contribution in [0.15, 0.2) is 11.1 Å². The number of aliphatic hydroxyl groups excluding tert-OH is 3. The number of nitrogens with one attached hydrogen (secondary N) is 2. The molecule has 194 valence electrons. The monoisotopic (exact) mass is 490 g/mol. The number of rotatable bonds is 14. The molecule has 0 aromatic rings. The van der Waals surface area contributed by atoms with Crippen LogP contribution in [0.25, 0.3) is 0 Å². The van der Waals surface area contributed by atoms with E-state index in [4.69, 9.17) is 19.3 Å². The summed E-state index contributed by atoms with van der Waals surface area (Å²) in [5.41, 5.74) is 0.0123. The van der Waals surface area contributed by atoms with Gasteiger partial charge < -0.3 is 45.3 Å². The topological polar surface area (TPSA) is 201 Å². The van der Waals surface area contributed by atoms with Gasteiger partial charge in [0.05, 0.1) is 26.4 Å². The van der Waals surface area contributed by atoms with E-state index in [2.05, 4.69) is 10.6 Å². The van der Waals surface area contributed by atoms with Crippen molar-refractivity contribution in [2.24, 2.45) is 0 Å². The van der Waals surface area contributed by atoms with E-state index in [9.17, 15) is 34.5 Å². The van der Waals surface area contributed by atoms with Gasteiger partial charge >= 0.3 is 5.97 Å². The Morgan fingerprint density at radius 3 is 2.21 bits per heavy atom. The van der Waals surface area contributed by atoms with Crippen LogP contribution in [0.2, 0.25) is 0 Å². The zero-order valence-electron chi connectivity index (χ0n) is 19.5. The number of ether oxygens (including phenoxy) is 3. The molecule has 0 aromatic carbocycles. The van der Waals surface area contributed by atoms with Crippen LogP contribution in [-0.4, -0.2) is 108 Å². The first-order valence-electron chi connectivity index (χ1n) is 10.8. The molecule has 0 radical (unpaired) electrons. The summed E-state index contributed by atoms with van der Waals surface area (Å²) in [5, 5.41) is 43.5. The molecule has 5 atom stereocenters. The fourth-order valence-corrected chi connectivity index (χ4v) is 3.28. The molecular formula is C21H34N2O11. The fourth-order valence-electron chi connectivity index (χ4n) is 3.28. The summed E-state index contributed by atoms with van der Waals surface area (Å²) in [4.78, 5) is 45.9. The van der Waals surface area contributed by atoms with E-state index < -0.39 is 54.9 Å². The number of aliphatic carboxylic acids is 1. The maximum atomic E-state index is 11.9. The Labute approximate surface area is 197 Å². The SMILES string of the molecule is CC(=O)N[C@@H]1[C@@H](OCCOCCNC(=O)CC/C(C(C)=O)=C(\C)C(=O)O)O[C@@H](CO)[C@@H](O)[C@H]1O. The smallest absolute Gasteiger partial charge is 0.331 e. The number of carboxylic acid groups (broad SMARTS) is 1. The molecule has 6 N–H and O–H groups in total. The van der Waals surface area contributed by atoms with Crippen molar-refractivity contribution in [3.8, 4) is 0 Å². The number of Topliss-reactive ketones (excluding diaryl/α,β-unsaturated/α-hetero) is 1. The van der Waals surface area contributed by atoms with Gasteiger partial charge in [0, 0.05) is 31.0 Å². The molecule has 1 rings (SSSR count). The molecule has 34 heavy (non-hydrogen) atoms. The minimum absolute atomic E-state index is 0.00308. The zero-order chi connectivity index (χ0) is 25.8. The average Bonchev–Trinajstić information content (AvgIpc) is 2.76. The highest BCUT2D eigenvalue weighted by Gasteiger charge is 2.45. The van der Waals surface area contributed by atoms with Crippen molar-refractivity contribution in [2.75, 3.05) is 33.0 Å². The molecule has 1 heterocycles. The standard InChI is InChI=1S/C21H34N2O11/c1-11(20(30)31)14(12(2)25)4-5-16(27)22-6-7-32-8-9-33-21-17(23-13(3)26)19(29)18(28)15(10-24)34-21/h15,17-19,21,24,28-29H,4-10H2,1-3H3,(H,22,27)(H,23,26)(H,30,31)/b14-11-/t15-,17-,18+,19-,21-/m0/s1. The molecule has 0 saturated carbocycles. The summed E-state index contributed by atoms with van der Waals surface area (Å²) in [6.45, 7) is 3.63. The first kappa shape index (κ1) is 29.6. The van der Waals surface area contributed by atoms with Crippen LogP contribution in [0.4, 0.5) is 0 Å². The number of amides is 2. The molecule has 0 aliphatic carbocycles. The third-order valence-corrected chi connectivity index (χ3v) is 5.13. The molecule has 2 amide bonds. The molecule has 1 fully saturated rings. The van der Waals surface area contributed by atoms with Crippen molar-refractivity contribution < 1.29 is 53.8 Å². The normalized spacial score (nSPS) is 25.3. The van der Waals surface area contributed by atoms with Gasteiger partial charge in [-0.1, -0.05) is 0 Å². The first-order valence-corrected chi connectivity index (χ1v) is 10.8. The van der Waals surface area contributed by atoms with Crippen molar-refractivity contribution >= 4 is 23.6 Å². The van der Waals surface area contributed by atoms with Crippen molar-refractivity contribution in [2.45, 2.75) is 64.3 Å². The second kappa shape index (κ2) is 14.8.